The summed E-state index contributed by atoms with van der Waals surface area (Å²) in [6, 6.07) is 10.2. The van der Waals surface area contributed by atoms with Gasteiger partial charge in [-0.05, 0) is 22.9 Å². The van der Waals surface area contributed by atoms with Gasteiger partial charge < -0.3 is 11.6 Å². The summed E-state index contributed by atoms with van der Waals surface area (Å²) in [5, 5.41) is 19.8. The molecule has 0 bridgehead atoms. The van der Waals surface area contributed by atoms with Gasteiger partial charge in [0.2, 0.25) is 0 Å². The molecular weight excluding hydrogens is 203 g/mol. The van der Waals surface area contributed by atoms with Crippen molar-refractivity contribution in [3.63, 3.8) is 0 Å². The van der Waals surface area contributed by atoms with E-state index >= 15 is 0 Å². The number of phenols is 1. The van der Waals surface area contributed by atoms with Crippen LogP contribution in [0.5, 0.6) is 5.75 Å². The molecule has 0 fully saturated rings. The molecule has 72 valence electrons. The SMILES string of the molecule is O=C(O)c1cc2ccccc2cc1O.[H-].[Na+]. The molecule has 0 radical (unpaired) electrons. The number of aromatic hydroxyl groups is 1. The fraction of sp³-hybridized carbons (Fsp3) is 0. The van der Waals surface area contributed by atoms with Gasteiger partial charge in [0.05, 0.1) is 0 Å². The second-order valence-electron chi connectivity index (χ2n) is 3.02. The van der Waals surface area contributed by atoms with Crippen LogP contribution in [0.4, 0.5) is 0 Å². The predicted octanol–water partition coefficient (Wildman–Crippen LogP) is -0.640. The van der Waals surface area contributed by atoms with Crippen molar-refractivity contribution in [1.29, 1.82) is 0 Å². The third-order valence-corrected chi connectivity index (χ3v) is 2.09. The van der Waals surface area contributed by atoms with Gasteiger partial charge in [-0.15, -0.1) is 0 Å². The summed E-state index contributed by atoms with van der Waals surface area (Å²) < 4.78 is 0. The normalized spacial score (nSPS) is 9.60. The van der Waals surface area contributed by atoms with Crippen LogP contribution in [0.3, 0.4) is 0 Å². The van der Waals surface area contributed by atoms with E-state index in [0.29, 0.717) is 0 Å². The van der Waals surface area contributed by atoms with E-state index in [2.05, 4.69) is 0 Å². The van der Waals surface area contributed by atoms with E-state index in [1.807, 2.05) is 18.2 Å². The molecule has 0 amide bonds. The Morgan fingerprint density at radius 1 is 1.13 bits per heavy atom. The van der Waals surface area contributed by atoms with E-state index in [1.165, 1.54) is 12.1 Å². The van der Waals surface area contributed by atoms with E-state index in [-0.39, 0.29) is 42.3 Å². The first-order valence-electron chi connectivity index (χ1n) is 4.13. The molecule has 0 aliphatic heterocycles. The second kappa shape index (κ2) is 4.66. The number of carboxylic acids is 1. The van der Waals surface area contributed by atoms with Crippen LogP contribution < -0.4 is 29.6 Å². The molecule has 3 nitrogen and oxygen atoms in total. The monoisotopic (exact) mass is 212 g/mol. The van der Waals surface area contributed by atoms with Gasteiger partial charge in [0.1, 0.15) is 11.3 Å². The molecule has 15 heavy (non-hydrogen) atoms. The van der Waals surface area contributed by atoms with Gasteiger partial charge in [-0.25, -0.2) is 4.79 Å². The topological polar surface area (TPSA) is 57.5 Å². The molecule has 4 heteroatoms. The maximum absolute atomic E-state index is 10.7. The predicted molar refractivity (Wildman–Crippen MR) is 53.7 cm³/mol. The van der Waals surface area contributed by atoms with Crippen LogP contribution in [0.2, 0.25) is 0 Å². The van der Waals surface area contributed by atoms with Crippen molar-refractivity contribution in [2.75, 3.05) is 0 Å². The maximum atomic E-state index is 10.7. The number of carboxylic acid groups (broad SMARTS) is 1. The molecule has 0 heterocycles. The minimum Gasteiger partial charge on any atom is -1.00 e. The minimum atomic E-state index is -1.12. The molecule has 0 atom stereocenters. The van der Waals surface area contributed by atoms with Crippen LogP contribution in [0.15, 0.2) is 36.4 Å². The fourth-order valence-electron chi connectivity index (χ4n) is 1.40. The summed E-state index contributed by atoms with van der Waals surface area (Å²) in [6.07, 6.45) is 0. The Kier molecular flexibility index (Phi) is 3.74. The summed E-state index contributed by atoms with van der Waals surface area (Å²) in [7, 11) is 0. The van der Waals surface area contributed by atoms with Crippen molar-refractivity contribution in [3.05, 3.63) is 42.0 Å². The Hall–Kier alpha value is -1.03. The van der Waals surface area contributed by atoms with Crippen LogP contribution in [0.25, 0.3) is 10.8 Å². The fourth-order valence-corrected chi connectivity index (χ4v) is 1.40. The molecule has 2 N–H and O–H groups in total. The second-order valence-corrected chi connectivity index (χ2v) is 3.02. The Labute approximate surface area is 110 Å². The van der Waals surface area contributed by atoms with E-state index < -0.39 is 5.97 Å². The first-order valence-corrected chi connectivity index (χ1v) is 4.13. The molecule has 0 unspecified atom stereocenters. The van der Waals surface area contributed by atoms with Gasteiger partial charge in [0.25, 0.3) is 0 Å². The van der Waals surface area contributed by atoms with Crippen LogP contribution in [-0.2, 0) is 0 Å². The van der Waals surface area contributed by atoms with Crippen molar-refractivity contribution in [2.45, 2.75) is 0 Å². The average Bonchev–Trinajstić information content (AvgIpc) is 2.16. The zero-order chi connectivity index (χ0) is 10.1. The van der Waals surface area contributed by atoms with Gasteiger partial charge in [-0.2, -0.15) is 0 Å². The first-order chi connectivity index (χ1) is 6.68. The van der Waals surface area contributed by atoms with Gasteiger partial charge >= 0.3 is 35.5 Å². The Bertz CT molecular complexity index is 514. The largest absolute Gasteiger partial charge is 1.00 e. The van der Waals surface area contributed by atoms with Gasteiger partial charge in [0, 0.05) is 0 Å². The summed E-state index contributed by atoms with van der Waals surface area (Å²) in [5.41, 5.74) is -0.0660. The third-order valence-electron chi connectivity index (χ3n) is 2.09. The quantitative estimate of drug-likeness (QED) is 0.618. The van der Waals surface area contributed by atoms with E-state index in [0.717, 1.165) is 10.8 Å². The number of benzene rings is 2. The van der Waals surface area contributed by atoms with Gasteiger partial charge in [-0.1, -0.05) is 24.3 Å². The summed E-state index contributed by atoms with van der Waals surface area (Å²) >= 11 is 0. The van der Waals surface area contributed by atoms with E-state index in [1.54, 1.807) is 6.07 Å². The Morgan fingerprint density at radius 2 is 1.67 bits per heavy atom. The third kappa shape index (κ3) is 2.31. The average molecular weight is 212 g/mol. The van der Waals surface area contributed by atoms with Gasteiger partial charge in [0.15, 0.2) is 0 Å². The minimum absolute atomic E-state index is 0. The maximum Gasteiger partial charge on any atom is 1.00 e. The van der Waals surface area contributed by atoms with Crippen LogP contribution in [0.1, 0.15) is 11.8 Å². The van der Waals surface area contributed by atoms with Crippen LogP contribution in [0, 0.1) is 0 Å². The number of rotatable bonds is 1. The zero-order valence-electron chi connectivity index (χ0n) is 9.27. The molecule has 0 saturated heterocycles. The molecule has 0 saturated carbocycles. The first kappa shape index (κ1) is 12.0. The molecule has 0 aliphatic rings. The number of fused-ring (bicyclic) bond motifs is 1. The van der Waals surface area contributed by atoms with Crippen molar-refractivity contribution in [2.24, 2.45) is 0 Å². The van der Waals surface area contributed by atoms with Crippen LogP contribution >= 0.6 is 0 Å². The van der Waals surface area contributed by atoms with E-state index in [4.69, 9.17) is 5.11 Å². The van der Waals surface area contributed by atoms with Crippen LogP contribution in [-0.4, -0.2) is 16.2 Å². The van der Waals surface area contributed by atoms with Gasteiger partial charge in [-0.3, -0.25) is 0 Å². The number of aromatic carboxylic acids is 1. The number of hydrogen-bond donors (Lipinski definition) is 2. The molecule has 2 aromatic rings. The standard InChI is InChI=1S/C11H8O3.Na.H/c12-10-6-8-4-2-1-3-7(8)5-9(10)11(13)14;;/h1-6,12H,(H,13,14);;/q;+1;-1. The summed E-state index contributed by atoms with van der Waals surface area (Å²) in [4.78, 5) is 10.7. The Morgan fingerprint density at radius 3 is 2.20 bits per heavy atom. The molecule has 0 spiro atoms. The zero-order valence-corrected chi connectivity index (χ0v) is 10.3. The Balaban J connectivity index is 0.00000112. The molecule has 2 aromatic carbocycles. The molecule has 0 aliphatic carbocycles. The summed E-state index contributed by atoms with van der Waals surface area (Å²) in [6.45, 7) is 0. The number of hydrogen-bond acceptors (Lipinski definition) is 2. The van der Waals surface area contributed by atoms with Crippen molar-refractivity contribution < 1.29 is 46.0 Å². The smallest absolute Gasteiger partial charge is 1.00 e. The molecular formula is C11H9NaO3. The number of carbonyl (C=O) groups is 1. The summed E-state index contributed by atoms with van der Waals surface area (Å²) in [5.74, 6) is -1.32. The molecule has 2 rings (SSSR count). The van der Waals surface area contributed by atoms with E-state index in [9.17, 15) is 9.90 Å². The van der Waals surface area contributed by atoms with Crippen molar-refractivity contribution in [1.82, 2.24) is 0 Å². The van der Waals surface area contributed by atoms with Crippen molar-refractivity contribution >= 4 is 16.7 Å². The van der Waals surface area contributed by atoms with Crippen molar-refractivity contribution in [3.8, 4) is 5.75 Å². The molecule has 0 aromatic heterocycles.